The molecule has 46 heavy (non-hydrogen) atoms. The van der Waals surface area contributed by atoms with Crippen molar-refractivity contribution < 1.29 is 40.6 Å². The first-order chi connectivity index (χ1) is 21.8. The second-order valence-electron chi connectivity index (χ2n) is 10.1. The lowest BCUT2D eigenvalue weighted by Crippen LogP contribution is -2.38. The van der Waals surface area contributed by atoms with Crippen molar-refractivity contribution >= 4 is 43.0 Å². The van der Waals surface area contributed by atoms with E-state index in [1.165, 1.54) is 83.0 Å². The molecule has 244 valence electrons. The fraction of sp³-hybridized carbons (Fsp3) is 0.219. The van der Waals surface area contributed by atoms with Gasteiger partial charge in [0.15, 0.2) is 11.5 Å². The van der Waals surface area contributed by atoms with Crippen LogP contribution in [0.15, 0.2) is 88.7 Å². The van der Waals surface area contributed by atoms with Gasteiger partial charge in [-0.15, -0.1) is 0 Å². The number of hydrogen-bond acceptors (Lipinski definition) is 9. The molecule has 0 heterocycles. The number of anilines is 3. The van der Waals surface area contributed by atoms with Crippen LogP contribution in [0.25, 0.3) is 0 Å². The zero-order chi connectivity index (χ0) is 33.6. The summed E-state index contributed by atoms with van der Waals surface area (Å²) in [5.41, 5.74) is 2.52. The van der Waals surface area contributed by atoms with Gasteiger partial charge in [-0.05, 0) is 74.0 Å². The van der Waals surface area contributed by atoms with Crippen LogP contribution >= 0.6 is 0 Å². The van der Waals surface area contributed by atoms with Crippen LogP contribution < -0.4 is 33.3 Å². The summed E-state index contributed by atoms with van der Waals surface area (Å²) in [7, 11) is -2.73. The van der Waals surface area contributed by atoms with Crippen LogP contribution in [0.1, 0.15) is 11.1 Å². The van der Waals surface area contributed by atoms with Crippen molar-refractivity contribution in [3.63, 3.8) is 0 Å². The zero-order valence-electron chi connectivity index (χ0n) is 26.2. The number of methoxy groups -OCH3 is 4. The molecule has 0 saturated heterocycles. The Morgan fingerprint density at radius 2 is 1.33 bits per heavy atom. The molecule has 0 aliphatic heterocycles. The number of nitrogens with one attached hydrogen (secondary N) is 2. The third kappa shape index (κ3) is 7.46. The largest absolute Gasteiger partial charge is 0.497 e. The highest BCUT2D eigenvalue weighted by Gasteiger charge is 2.31. The monoisotopic (exact) mass is 669 g/mol. The third-order valence-electron chi connectivity index (χ3n) is 6.96. The molecule has 1 amide bonds. The maximum atomic E-state index is 14.1. The maximum absolute atomic E-state index is 14.1. The number of sulfonamides is 2. The molecule has 0 saturated carbocycles. The second-order valence-corrected chi connectivity index (χ2v) is 13.6. The first-order valence-electron chi connectivity index (χ1n) is 13.8. The number of carbonyl (C=O) groups excluding carboxylic acids is 1. The number of hydrogen-bond donors (Lipinski definition) is 2. The van der Waals surface area contributed by atoms with Gasteiger partial charge in [0.05, 0.1) is 49.6 Å². The number of benzene rings is 4. The summed E-state index contributed by atoms with van der Waals surface area (Å²) in [5.74, 6) is 0.281. The molecule has 0 radical (unpaired) electrons. The number of ether oxygens (including phenoxy) is 4. The molecule has 0 unspecified atom stereocenters. The molecule has 14 heteroatoms. The van der Waals surface area contributed by atoms with Crippen molar-refractivity contribution in [1.82, 2.24) is 0 Å². The van der Waals surface area contributed by atoms with Gasteiger partial charge in [-0.25, -0.2) is 16.8 Å². The van der Waals surface area contributed by atoms with E-state index in [-0.39, 0.29) is 32.7 Å². The lowest BCUT2D eigenvalue weighted by Gasteiger charge is -2.26. The van der Waals surface area contributed by atoms with Crippen molar-refractivity contribution in [2.24, 2.45) is 0 Å². The van der Waals surface area contributed by atoms with Gasteiger partial charge >= 0.3 is 0 Å². The number of rotatable bonds is 13. The Morgan fingerprint density at radius 3 is 1.93 bits per heavy atom. The fourth-order valence-electron chi connectivity index (χ4n) is 4.58. The average molecular weight is 670 g/mol. The zero-order valence-corrected chi connectivity index (χ0v) is 27.8. The summed E-state index contributed by atoms with van der Waals surface area (Å²) < 4.78 is 78.9. The van der Waals surface area contributed by atoms with Crippen LogP contribution in [0, 0.1) is 13.8 Å². The van der Waals surface area contributed by atoms with Crippen molar-refractivity contribution in [1.29, 1.82) is 0 Å². The number of aryl methyl sites for hydroxylation is 2. The van der Waals surface area contributed by atoms with E-state index in [0.29, 0.717) is 17.2 Å². The van der Waals surface area contributed by atoms with Crippen LogP contribution in [0.4, 0.5) is 17.1 Å². The average Bonchev–Trinajstić information content (AvgIpc) is 3.04. The molecule has 12 nitrogen and oxygen atoms in total. The van der Waals surface area contributed by atoms with E-state index in [9.17, 15) is 21.6 Å². The van der Waals surface area contributed by atoms with Gasteiger partial charge in [0.1, 0.15) is 18.0 Å². The highest BCUT2D eigenvalue weighted by atomic mass is 32.2. The Hall–Kier alpha value is -4.95. The molecule has 0 aliphatic carbocycles. The van der Waals surface area contributed by atoms with Gasteiger partial charge in [-0.2, -0.15) is 0 Å². The van der Waals surface area contributed by atoms with Crippen LogP contribution in [0.5, 0.6) is 23.0 Å². The molecule has 0 bridgehead atoms. The van der Waals surface area contributed by atoms with E-state index in [2.05, 4.69) is 10.0 Å². The number of amides is 1. The van der Waals surface area contributed by atoms with Crippen molar-refractivity contribution in [2.45, 2.75) is 23.6 Å². The van der Waals surface area contributed by atoms with Gasteiger partial charge in [0.25, 0.3) is 20.0 Å². The molecule has 0 aliphatic rings. The quantitative estimate of drug-likeness (QED) is 0.201. The van der Waals surface area contributed by atoms with Crippen LogP contribution in [-0.4, -0.2) is 57.7 Å². The maximum Gasteiger partial charge on any atom is 0.265 e. The summed E-state index contributed by atoms with van der Waals surface area (Å²) in [4.78, 5) is 13.2. The van der Waals surface area contributed by atoms with Crippen LogP contribution in [-0.2, 0) is 24.8 Å². The highest BCUT2D eigenvalue weighted by molar-refractivity contribution is 7.93. The standard InChI is InChI=1S/C32H35N3O9S2/c1-21-7-14-27(22(2)17-21)34-45(37,38)25-11-8-23(9-12-25)33-32(36)20-35(28-18-24(41-3)10-15-29(28)42-4)46(39,40)26-13-16-30(43-5)31(19-26)44-6/h7-19,34H,20H2,1-6H3,(H,33,36). The molecule has 4 aromatic rings. The molecule has 4 aromatic carbocycles. The van der Waals surface area contributed by atoms with Crippen molar-refractivity contribution in [3.8, 4) is 23.0 Å². The lowest BCUT2D eigenvalue weighted by atomic mass is 10.1. The topological polar surface area (TPSA) is 150 Å². The highest BCUT2D eigenvalue weighted by Crippen LogP contribution is 2.37. The van der Waals surface area contributed by atoms with Crippen molar-refractivity contribution in [3.05, 3.63) is 90.0 Å². The Bertz CT molecular complexity index is 1950. The van der Waals surface area contributed by atoms with E-state index >= 15 is 0 Å². The SMILES string of the molecule is COc1ccc(OC)c(N(CC(=O)Nc2ccc(S(=O)(=O)Nc3ccc(C)cc3C)cc2)S(=O)(=O)c2ccc(OC)c(OC)c2)c1. The normalized spacial score (nSPS) is 11.3. The summed E-state index contributed by atoms with van der Waals surface area (Å²) >= 11 is 0. The smallest absolute Gasteiger partial charge is 0.265 e. The summed E-state index contributed by atoms with van der Waals surface area (Å²) in [5, 5.41) is 2.64. The van der Waals surface area contributed by atoms with E-state index in [1.54, 1.807) is 25.1 Å². The molecule has 4 rings (SSSR count). The van der Waals surface area contributed by atoms with Gasteiger partial charge in [-0.1, -0.05) is 17.7 Å². The molecule has 0 fully saturated rings. The number of carbonyl (C=O) groups is 1. The summed E-state index contributed by atoms with van der Waals surface area (Å²) in [6.07, 6.45) is 0. The van der Waals surface area contributed by atoms with Gasteiger partial charge in [0, 0.05) is 17.8 Å². The first kappa shape index (κ1) is 33.9. The van der Waals surface area contributed by atoms with E-state index in [1.807, 2.05) is 13.0 Å². The fourth-order valence-corrected chi connectivity index (χ4v) is 7.15. The number of nitrogens with zero attached hydrogens (tertiary/aromatic N) is 1. The van der Waals surface area contributed by atoms with Crippen LogP contribution in [0.3, 0.4) is 0 Å². The van der Waals surface area contributed by atoms with Gasteiger partial charge in [0.2, 0.25) is 5.91 Å². The minimum atomic E-state index is -4.40. The second kappa shape index (κ2) is 14.0. The van der Waals surface area contributed by atoms with Crippen LogP contribution in [0.2, 0.25) is 0 Å². The molecule has 0 aromatic heterocycles. The molecule has 0 atom stereocenters. The Morgan fingerprint density at radius 1 is 0.696 bits per heavy atom. The summed E-state index contributed by atoms with van der Waals surface area (Å²) in [6, 6.07) is 19.5. The van der Waals surface area contributed by atoms with Crippen molar-refractivity contribution in [2.75, 3.05) is 49.3 Å². The Balaban J connectivity index is 1.63. The lowest BCUT2D eigenvalue weighted by molar-refractivity contribution is -0.114. The first-order valence-corrected chi connectivity index (χ1v) is 16.7. The predicted octanol–water partition coefficient (Wildman–Crippen LogP) is 4.97. The van der Waals surface area contributed by atoms with E-state index in [0.717, 1.165) is 15.4 Å². The Labute approximate surface area is 269 Å². The molecular weight excluding hydrogens is 634 g/mol. The minimum absolute atomic E-state index is 0.0238. The summed E-state index contributed by atoms with van der Waals surface area (Å²) in [6.45, 7) is 3.05. The van der Waals surface area contributed by atoms with Gasteiger partial charge in [-0.3, -0.25) is 13.8 Å². The van der Waals surface area contributed by atoms with Gasteiger partial charge < -0.3 is 24.3 Å². The predicted molar refractivity (Wildman–Crippen MR) is 175 cm³/mol. The third-order valence-corrected chi connectivity index (χ3v) is 10.1. The van der Waals surface area contributed by atoms with E-state index < -0.39 is 32.5 Å². The molecule has 2 N–H and O–H groups in total. The molecular formula is C32H35N3O9S2. The molecule has 0 spiro atoms. The van der Waals surface area contributed by atoms with E-state index in [4.69, 9.17) is 18.9 Å². The Kier molecular flexibility index (Phi) is 10.3. The minimum Gasteiger partial charge on any atom is -0.497 e.